The number of amides is 3. The molecular weight excluding hydrogens is 284 g/mol. The zero-order valence-electron chi connectivity index (χ0n) is 11.9. The molecule has 0 spiro atoms. The molecule has 0 radical (unpaired) electrons. The highest BCUT2D eigenvalue weighted by Gasteiger charge is 2.28. The average Bonchev–Trinajstić information content (AvgIpc) is 2.50. The fourth-order valence-electron chi connectivity index (χ4n) is 2.10. The van der Waals surface area contributed by atoms with E-state index in [0.29, 0.717) is 5.56 Å². The van der Waals surface area contributed by atoms with E-state index in [0.717, 1.165) is 0 Å². The first-order valence-corrected chi connectivity index (χ1v) is 6.64. The van der Waals surface area contributed by atoms with Crippen molar-refractivity contribution in [3.8, 4) is 11.8 Å². The first-order valence-electron chi connectivity index (χ1n) is 6.64. The minimum Gasteiger partial charge on any atom is -0.340 e. The van der Waals surface area contributed by atoms with Crippen molar-refractivity contribution >= 4 is 23.4 Å². The zero-order valence-corrected chi connectivity index (χ0v) is 11.9. The number of rotatable bonds is 3. The third-order valence-corrected chi connectivity index (χ3v) is 3.18. The molecule has 2 rings (SSSR count). The third kappa shape index (κ3) is 3.35. The lowest BCUT2D eigenvalue weighted by Gasteiger charge is -2.22. The molecule has 7 heteroatoms. The summed E-state index contributed by atoms with van der Waals surface area (Å²) in [5.74, 6) is 4.13. The minimum atomic E-state index is -0.773. The molecule has 1 heterocycles. The van der Waals surface area contributed by atoms with E-state index in [2.05, 4.69) is 27.6 Å². The Morgan fingerprint density at radius 1 is 1.45 bits per heavy atom. The molecule has 0 aliphatic carbocycles. The molecule has 112 valence electrons. The van der Waals surface area contributed by atoms with Crippen LogP contribution in [-0.4, -0.2) is 23.8 Å². The van der Waals surface area contributed by atoms with Gasteiger partial charge in [-0.1, -0.05) is 5.92 Å². The Bertz CT molecular complexity index is 715. The summed E-state index contributed by atoms with van der Waals surface area (Å²) in [5, 5.41) is 8.03. The topological polar surface area (TPSA) is 111 Å². The van der Waals surface area contributed by atoms with E-state index in [1.165, 1.54) is 12.1 Å². The molecule has 1 aromatic rings. The van der Waals surface area contributed by atoms with E-state index >= 15 is 0 Å². The molecule has 7 nitrogen and oxygen atoms in total. The number of nitrogens with one attached hydrogen (secondary N) is 3. The van der Waals surface area contributed by atoms with E-state index in [9.17, 15) is 14.4 Å². The Morgan fingerprint density at radius 2 is 2.23 bits per heavy atom. The fourth-order valence-corrected chi connectivity index (χ4v) is 2.10. The van der Waals surface area contributed by atoms with Gasteiger partial charge in [0.2, 0.25) is 11.8 Å². The highest BCUT2D eigenvalue weighted by atomic mass is 16.2. The minimum absolute atomic E-state index is 0.167. The largest absolute Gasteiger partial charge is 0.340 e. The number of hydrogen-bond acceptors (Lipinski definition) is 5. The number of carbonyl (C=O) groups is 3. The summed E-state index contributed by atoms with van der Waals surface area (Å²) in [6.07, 6.45) is 0.423. The van der Waals surface area contributed by atoms with Crippen LogP contribution in [0.4, 0.5) is 5.69 Å². The van der Waals surface area contributed by atoms with Crippen molar-refractivity contribution in [2.75, 3.05) is 0 Å². The van der Waals surface area contributed by atoms with Gasteiger partial charge in [-0.15, -0.1) is 5.92 Å². The molecule has 1 atom stereocenters. The summed E-state index contributed by atoms with van der Waals surface area (Å²) < 4.78 is 0. The predicted octanol–water partition coefficient (Wildman–Crippen LogP) is 1.26. The summed E-state index contributed by atoms with van der Waals surface area (Å²) in [4.78, 5) is 35.1. The molecule has 0 saturated carbocycles. The summed E-state index contributed by atoms with van der Waals surface area (Å²) in [5.41, 5.74) is 8.09. The number of nitrogens with zero attached hydrogens (tertiary/aromatic N) is 1. The Hall–Kier alpha value is -3.01. The first-order chi connectivity index (χ1) is 10.5. The van der Waals surface area contributed by atoms with Crippen LogP contribution in [0.15, 0.2) is 23.3 Å². The molecule has 1 fully saturated rings. The monoisotopic (exact) mass is 298 g/mol. The van der Waals surface area contributed by atoms with Gasteiger partial charge < -0.3 is 5.32 Å². The van der Waals surface area contributed by atoms with Crippen LogP contribution in [0.3, 0.4) is 0 Å². The van der Waals surface area contributed by atoms with E-state index in [1.807, 2.05) is 0 Å². The van der Waals surface area contributed by atoms with Gasteiger partial charge in [-0.25, -0.2) is 5.53 Å². The smallest absolute Gasteiger partial charge is 0.254 e. The van der Waals surface area contributed by atoms with Gasteiger partial charge in [0.15, 0.2) is 0 Å². The van der Waals surface area contributed by atoms with Crippen molar-refractivity contribution in [2.24, 2.45) is 5.11 Å². The predicted molar refractivity (Wildman–Crippen MR) is 77.4 cm³/mol. The second kappa shape index (κ2) is 6.63. The maximum absolute atomic E-state index is 12.3. The van der Waals surface area contributed by atoms with E-state index < -0.39 is 17.9 Å². The summed E-state index contributed by atoms with van der Waals surface area (Å²) in [6.45, 7) is 1.67. The van der Waals surface area contributed by atoms with E-state index in [-0.39, 0.29) is 30.0 Å². The molecule has 1 aliphatic heterocycles. The van der Waals surface area contributed by atoms with Crippen LogP contribution in [0.2, 0.25) is 0 Å². The Balaban J connectivity index is 2.22. The molecule has 0 bridgehead atoms. The third-order valence-electron chi connectivity index (χ3n) is 3.18. The lowest BCUT2D eigenvalue weighted by molar-refractivity contribution is -0.134. The second-order valence-corrected chi connectivity index (χ2v) is 4.70. The summed E-state index contributed by atoms with van der Waals surface area (Å²) in [6, 6.07) is 3.92. The molecule has 1 saturated heterocycles. The van der Waals surface area contributed by atoms with Crippen LogP contribution in [0.1, 0.15) is 35.7 Å². The Morgan fingerprint density at radius 3 is 2.86 bits per heavy atom. The van der Waals surface area contributed by atoms with Gasteiger partial charge in [-0.3, -0.25) is 19.7 Å². The molecule has 22 heavy (non-hydrogen) atoms. The first kappa shape index (κ1) is 15.4. The molecule has 1 aromatic carbocycles. The van der Waals surface area contributed by atoms with Gasteiger partial charge in [-0.2, -0.15) is 5.11 Å². The van der Waals surface area contributed by atoms with Gasteiger partial charge in [-0.05, 0) is 31.5 Å². The number of hydrogen-bond donors (Lipinski definition) is 3. The highest BCUT2D eigenvalue weighted by Crippen LogP contribution is 2.21. The van der Waals surface area contributed by atoms with Gasteiger partial charge in [0.25, 0.3) is 5.91 Å². The number of benzene rings is 1. The van der Waals surface area contributed by atoms with Crippen molar-refractivity contribution in [2.45, 2.75) is 25.8 Å². The molecular formula is C15H14N4O3. The van der Waals surface area contributed by atoms with Crippen molar-refractivity contribution in [3.05, 3.63) is 29.3 Å². The Kier molecular flexibility index (Phi) is 4.63. The van der Waals surface area contributed by atoms with Crippen LogP contribution < -0.4 is 10.6 Å². The van der Waals surface area contributed by atoms with E-state index in [4.69, 9.17) is 5.53 Å². The van der Waals surface area contributed by atoms with Crippen molar-refractivity contribution in [1.82, 2.24) is 10.6 Å². The van der Waals surface area contributed by atoms with Crippen molar-refractivity contribution in [1.29, 1.82) is 5.53 Å². The molecule has 1 aliphatic rings. The summed E-state index contributed by atoms with van der Waals surface area (Å²) in [7, 11) is 0. The quantitative estimate of drug-likeness (QED) is 0.443. The summed E-state index contributed by atoms with van der Waals surface area (Å²) >= 11 is 0. The Labute approximate surface area is 127 Å². The molecule has 1 unspecified atom stereocenters. The average molecular weight is 298 g/mol. The lowest BCUT2D eigenvalue weighted by atomic mass is 10.0. The molecule has 3 amide bonds. The SMILES string of the molecule is CC#Cc1ccc(N=N)c(C(=O)NC2CCC(=O)NC2=O)c1. The van der Waals surface area contributed by atoms with Crippen molar-refractivity contribution < 1.29 is 14.4 Å². The van der Waals surface area contributed by atoms with Crippen LogP contribution >= 0.6 is 0 Å². The fraction of sp³-hybridized carbons (Fsp3) is 0.267. The van der Waals surface area contributed by atoms with Gasteiger partial charge in [0.1, 0.15) is 6.04 Å². The molecule has 3 N–H and O–H groups in total. The van der Waals surface area contributed by atoms with Crippen LogP contribution in [0, 0.1) is 17.4 Å². The number of imide groups is 1. The maximum Gasteiger partial charge on any atom is 0.254 e. The lowest BCUT2D eigenvalue weighted by Crippen LogP contribution is -2.52. The van der Waals surface area contributed by atoms with Crippen LogP contribution in [0.25, 0.3) is 0 Å². The van der Waals surface area contributed by atoms with Gasteiger partial charge >= 0.3 is 0 Å². The van der Waals surface area contributed by atoms with Gasteiger partial charge in [0.05, 0.1) is 11.3 Å². The standard InChI is InChI=1S/C15H14N4O3/c1-2-3-9-4-5-11(19-16)10(8-9)14(21)17-12-6-7-13(20)18-15(12)22/h4-5,8,12,16H,6-7H2,1H3,(H,17,21)(H,18,20,22). The molecule has 0 aromatic heterocycles. The van der Waals surface area contributed by atoms with Crippen LogP contribution in [0.5, 0.6) is 0 Å². The highest BCUT2D eigenvalue weighted by molar-refractivity contribution is 6.05. The van der Waals surface area contributed by atoms with Crippen molar-refractivity contribution in [3.63, 3.8) is 0 Å². The van der Waals surface area contributed by atoms with Gasteiger partial charge in [0, 0.05) is 12.0 Å². The maximum atomic E-state index is 12.3. The van der Waals surface area contributed by atoms with Crippen LogP contribution in [-0.2, 0) is 9.59 Å². The number of piperidine rings is 1. The van der Waals surface area contributed by atoms with E-state index in [1.54, 1.807) is 13.0 Å². The number of carbonyl (C=O) groups excluding carboxylic acids is 3. The second-order valence-electron chi connectivity index (χ2n) is 4.70. The zero-order chi connectivity index (χ0) is 16.1. The normalized spacial score (nSPS) is 17.0.